The van der Waals surface area contributed by atoms with E-state index in [2.05, 4.69) is 24.5 Å². The van der Waals surface area contributed by atoms with Gasteiger partial charge in [-0.15, -0.1) is 0 Å². The first-order valence-electron chi connectivity index (χ1n) is 7.16. The summed E-state index contributed by atoms with van der Waals surface area (Å²) in [6.07, 6.45) is 1.94. The van der Waals surface area contributed by atoms with E-state index >= 15 is 0 Å². The molecule has 21 heavy (non-hydrogen) atoms. The third-order valence-electron chi connectivity index (χ3n) is 3.56. The Balaban J connectivity index is 2.90. The molecule has 1 rings (SSSR count). The van der Waals surface area contributed by atoms with Crippen LogP contribution in [0.15, 0.2) is 18.2 Å². The average molecular weight is 293 g/mol. The van der Waals surface area contributed by atoms with Crippen LogP contribution in [-0.4, -0.2) is 23.9 Å². The maximum Gasteiger partial charge on any atom is 0.270 e. The quantitative estimate of drug-likeness (QED) is 0.597. The maximum absolute atomic E-state index is 12.3. The molecule has 0 aliphatic carbocycles. The van der Waals surface area contributed by atoms with E-state index in [9.17, 15) is 14.9 Å². The zero-order valence-corrected chi connectivity index (χ0v) is 13.0. The molecule has 0 aliphatic heterocycles. The van der Waals surface area contributed by atoms with Crippen LogP contribution in [0.5, 0.6) is 0 Å². The number of nitro benzene ring substituents is 1. The summed E-state index contributed by atoms with van der Waals surface area (Å²) in [5.41, 5.74) is 0.783. The first-order chi connectivity index (χ1) is 9.88. The van der Waals surface area contributed by atoms with Gasteiger partial charge in [0.25, 0.3) is 11.6 Å². The molecule has 0 aliphatic rings. The van der Waals surface area contributed by atoms with Gasteiger partial charge in [0, 0.05) is 30.9 Å². The second-order valence-corrected chi connectivity index (χ2v) is 5.36. The lowest BCUT2D eigenvalue weighted by Gasteiger charge is -2.18. The monoisotopic (exact) mass is 293 g/mol. The van der Waals surface area contributed by atoms with Crippen LogP contribution in [0, 0.1) is 16.0 Å². The van der Waals surface area contributed by atoms with Crippen molar-refractivity contribution in [2.45, 2.75) is 39.7 Å². The first kappa shape index (κ1) is 16.9. The van der Waals surface area contributed by atoms with Gasteiger partial charge in [0.05, 0.1) is 10.5 Å². The highest BCUT2D eigenvalue weighted by atomic mass is 16.6. The van der Waals surface area contributed by atoms with Crippen LogP contribution in [0.25, 0.3) is 0 Å². The summed E-state index contributed by atoms with van der Waals surface area (Å²) in [6.45, 7) is 6.19. The number of nitrogens with one attached hydrogen (secondary N) is 2. The number of carbonyl (C=O) groups is 1. The Kier molecular flexibility index (Phi) is 6.14. The van der Waals surface area contributed by atoms with Crippen molar-refractivity contribution in [2.75, 3.05) is 12.4 Å². The lowest BCUT2D eigenvalue weighted by Crippen LogP contribution is -2.34. The molecule has 0 saturated heterocycles. The smallest absolute Gasteiger partial charge is 0.270 e. The van der Waals surface area contributed by atoms with Crippen LogP contribution in [0.2, 0.25) is 0 Å². The van der Waals surface area contributed by atoms with Gasteiger partial charge in [-0.3, -0.25) is 14.9 Å². The zero-order chi connectivity index (χ0) is 16.0. The van der Waals surface area contributed by atoms with Crippen LogP contribution in [0.1, 0.15) is 44.0 Å². The fraction of sp³-hybridized carbons (Fsp3) is 0.533. The molecule has 1 amide bonds. The van der Waals surface area contributed by atoms with Gasteiger partial charge >= 0.3 is 0 Å². The summed E-state index contributed by atoms with van der Waals surface area (Å²) < 4.78 is 0. The van der Waals surface area contributed by atoms with E-state index in [1.165, 1.54) is 12.1 Å². The number of hydrogen-bond acceptors (Lipinski definition) is 4. The molecule has 0 aromatic heterocycles. The van der Waals surface area contributed by atoms with Gasteiger partial charge in [0.15, 0.2) is 0 Å². The molecular weight excluding hydrogens is 270 g/mol. The standard InChI is InChI=1S/C15H23N3O3/c1-5-10(2)8-11(3)17-15(19)13-9-12(18(20)21)6-7-14(13)16-4/h6-7,9-11,16H,5,8H2,1-4H3,(H,17,19). The van der Waals surface area contributed by atoms with Gasteiger partial charge in [-0.05, 0) is 25.3 Å². The number of non-ortho nitro benzene ring substituents is 1. The number of amides is 1. The molecule has 0 bridgehead atoms. The van der Waals surface area contributed by atoms with Crippen LogP contribution < -0.4 is 10.6 Å². The second-order valence-electron chi connectivity index (χ2n) is 5.36. The number of nitro groups is 1. The van der Waals surface area contributed by atoms with E-state index in [0.717, 1.165) is 12.8 Å². The molecule has 0 fully saturated rings. The first-order valence-corrected chi connectivity index (χ1v) is 7.16. The van der Waals surface area contributed by atoms with Crippen molar-refractivity contribution in [1.82, 2.24) is 5.32 Å². The van der Waals surface area contributed by atoms with Gasteiger partial charge in [-0.25, -0.2) is 0 Å². The summed E-state index contributed by atoms with van der Waals surface area (Å²) in [6, 6.07) is 4.26. The predicted octanol–water partition coefficient (Wildman–Crippen LogP) is 3.19. The molecule has 2 N–H and O–H groups in total. The Morgan fingerprint density at radius 2 is 2.05 bits per heavy atom. The van der Waals surface area contributed by atoms with Gasteiger partial charge in [-0.1, -0.05) is 20.3 Å². The van der Waals surface area contributed by atoms with Crippen molar-refractivity contribution in [3.05, 3.63) is 33.9 Å². The largest absolute Gasteiger partial charge is 0.387 e. The van der Waals surface area contributed by atoms with Crippen molar-refractivity contribution in [3.8, 4) is 0 Å². The predicted molar refractivity (Wildman–Crippen MR) is 83.6 cm³/mol. The van der Waals surface area contributed by atoms with Gasteiger partial charge < -0.3 is 10.6 Å². The van der Waals surface area contributed by atoms with Crippen molar-refractivity contribution < 1.29 is 9.72 Å². The van der Waals surface area contributed by atoms with E-state index in [1.54, 1.807) is 13.1 Å². The third kappa shape index (κ3) is 4.73. The molecule has 6 heteroatoms. The highest BCUT2D eigenvalue weighted by Crippen LogP contribution is 2.22. The Labute approximate surface area is 125 Å². The van der Waals surface area contributed by atoms with E-state index in [1.807, 2.05) is 6.92 Å². The summed E-state index contributed by atoms with van der Waals surface area (Å²) in [5.74, 6) is 0.230. The topological polar surface area (TPSA) is 84.3 Å². The SMILES string of the molecule is CCC(C)CC(C)NC(=O)c1cc([N+](=O)[O-])ccc1NC. The highest BCUT2D eigenvalue weighted by molar-refractivity contribution is 6.00. The minimum absolute atomic E-state index is 0.0245. The number of anilines is 1. The van der Waals surface area contributed by atoms with Crippen LogP contribution >= 0.6 is 0 Å². The zero-order valence-electron chi connectivity index (χ0n) is 13.0. The van der Waals surface area contributed by atoms with Crippen LogP contribution in [-0.2, 0) is 0 Å². The Morgan fingerprint density at radius 1 is 1.38 bits per heavy atom. The van der Waals surface area contributed by atoms with Crippen LogP contribution in [0.4, 0.5) is 11.4 Å². The highest BCUT2D eigenvalue weighted by Gasteiger charge is 2.18. The summed E-state index contributed by atoms with van der Waals surface area (Å²) in [4.78, 5) is 22.6. The number of benzene rings is 1. The fourth-order valence-corrected chi connectivity index (χ4v) is 2.18. The Hall–Kier alpha value is -2.11. The molecule has 1 aromatic rings. The molecular formula is C15H23N3O3. The lowest BCUT2D eigenvalue weighted by molar-refractivity contribution is -0.384. The van der Waals surface area contributed by atoms with Crippen LogP contribution in [0.3, 0.4) is 0 Å². The minimum Gasteiger partial charge on any atom is -0.387 e. The molecule has 1 aromatic carbocycles. The number of hydrogen-bond donors (Lipinski definition) is 2. The Bertz CT molecular complexity index is 517. The Morgan fingerprint density at radius 3 is 2.57 bits per heavy atom. The normalized spacial score (nSPS) is 13.3. The van der Waals surface area contributed by atoms with Crippen molar-refractivity contribution in [1.29, 1.82) is 0 Å². The molecule has 0 heterocycles. The fourth-order valence-electron chi connectivity index (χ4n) is 2.18. The minimum atomic E-state index is -0.501. The van der Waals surface area contributed by atoms with Gasteiger partial charge in [0.2, 0.25) is 0 Å². The van der Waals surface area contributed by atoms with Crippen molar-refractivity contribution in [3.63, 3.8) is 0 Å². The number of nitrogens with zero attached hydrogens (tertiary/aromatic N) is 1. The maximum atomic E-state index is 12.3. The van der Waals surface area contributed by atoms with E-state index < -0.39 is 4.92 Å². The molecule has 2 atom stereocenters. The van der Waals surface area contributed by atoms with E-state index in [4.69, 9.17) is 0 Å². The second kappa shape index (κ2) is 7.61. The third-order valence-corrected chi connectivity index (χ3v) is 3.56. The van der Waals surface area contributed by atoms with E-state index in [0.29, 0.717) is 17.2 Å². The molecule has 0 saturated carbocycles. The summed E-state index contributed by atoms with van der Waals surface area (Å²) >= 11 is 0. The van der Waals surface area contributed by atoms with E-state index in [-0.39, 0.29) is 17.6 Å². The van der Waals surface area contributed by atoms with Crippen molar-refractivity contribution >= 4 is 17.3 Å². The number of rotatable bonds is 7. The van der Waals surface area contributed by atoms with Gasteiger partial charge in [0.1, 0.15) is 0 Å². The van der Waals surface area contributed by atoms with Gasteiger partial charge in [-0.2, -0.15) is 0 Å². The molecule has 6 nitrogen and oxygen atoms in total. The molecule has 0 radical (unpaired) electrons. The summed E-state index contributed by atoms with van der Waals surface area (Å²) in [7, 11) is 1.68. The number of carbonyl (C=O) groups excluding carboxylic acids is 1. The molecule has 116 valence electrons. The molecule has 2 unspecified atom stereocenters. The average Bonchev–Trinajstić information content (AvgIpc) is 2.45. The summed E-state index contributed by atoms with van der Waals surface area (Å²) in [5, 5.41) is 16.6. The molecule has 0 spiro atoms. The lowest BCUT2D eigenvalue weighted by atomic mass is 10.00. The van der Waals surface area contributed by atoms with Crippen molar-refractivity contribution in [2.24, 2.45) is 5.92 Å².